The maximum atomic E-state index is 12.6. The maximum Gasteiger partial charge on any atom is 0.241 e. The summed E-state index contributed by atoms with van der Waals surface area (Å²) in [5.41, 5.74) is -0.686. The molecule has 23 heavy (non-hydrogen) atoms. The molecule has 1 aromatic carbocycles. The van der Waals surface area contributed by atoms with Crippen molar-refractivity contribution in [3.05, 3.63) is 23.8 Å². The Balaban J connectivity index is 2.42. The maximum absolute atomic E-state index is 12.6. The summed E-state index contributed by atoms with van der Waals surface area (Å²) in [6, 6.07) is 6.54. The molecule has 1 aliphatic rings. The summed E-state index contributed by atoms with van der Waals surface area (Å²) in [5.74, 6) is -0.164. The summed E-state index contributed by atoms with van der Waals surface area (Å²) in [6.45, 7) is 6.94. The number of nitriles is 1. The number of rotatable bonds is 5. The highest BCUT2D eigenvalue weighted by Gasteiger charge is 2.39. The minimum absolute atomic E-state index is 0.0541. The van der Waals surface area contributed by atoms with E-state index in [9.17, 15) is 18.5 Å². The molecule has 2 N–H and O–H groups in total. The molecule has 0 radical (unpaired) electrons. The second kappa shape index (κ2) is 5.62. The van der Waals surface area contributed by atoms with Gasteiger partial charge in [-0.2, -0.15) is 9.98 Å². The number of anilines is 1. The summed E-state index contributed by atoms with van der Waals surface area (Å²) >= 11 is 0. The fourth-order valence-electron chi connectivity index (χ4n) is 2.70. The van der Waals surface area contributed by atoms with Crippen LogP contribution in [0.4, 0.5) is 5.69 Å². The van der Waals surface area contributed by atoms with Gasteiger partial charge in [-0.3, -0.25) is 4.79 Å². The lowest BCUT2D eigenvalue weighted by Crippen LogP contribution is -2.44. The second-order valence-corrected chi connectivity index (χ2v) is 8.27. The van der Waals surface area contributed by atoms with Crippen LogP contribution in [0.5, 0.6) is 0 Å². The molecule has 0 saturated heterocycles. The van der Waals surface area contributed by atoms with Crippen molar-refractivity contribution >= 4 is 21.6 Å². The largest absolute Gasteiger partial charge is 0.325 e. The van der Waals surface area contributed by atoms with E-state index in [1.165, 1.54) is 12.1 Å². The van der Waals surface area contributed by atoms with Gasteiger partial charge in [-0.05, 0) is 51.0 Å². The Labute approximate surface area is 136 Å². The molecule has 2 rings (SSSR count). The van der Waals surface area contributed by atoms with E-state index in [0.717, 1.165) is 0 Å². The van der Waals surface area contributed by atoms with E-state index in [1.54, 1.807) is 26.8 Å². The quantitative estimate of drug-likeness (QED) is 0.862. The number of nitrogens with one attached hydrogen (secondary N) is 2. The van der Waals surface area contributed by atoms with Crippen LogP contribution in [0.25, 0.3) is 0 Å². The van der Waals surface area contributed by atoms with E-state index in [-0.39, 0.29) is 10.8 Å². The van der Waals surface area contributed by atoms with Gasteiger partial charge in [-0.15, -0.1) is 0 Å². The second-order valence-electron chi connectivity index (χ2n) is 6.59. The van der Waals surface area contributed by atoms with Gasteiger partial charge in [0.1, 0.15) is 5.54 Å². The molecule has 1 heterocycles. The summed E-state index contributed by atoms with van der Waals surface area (Å²) < 4.78 is 27.7. The molecule has 0 saturated carbocycles. The van der Waals surface area contributed by atoms with Gasteiger partial charge in [-0.25, -0.2) is 8.42 Å². The summed E-state index contributed by atoms with van der Waals surface area (Å²) in [4.78, 5) is 12.0. The first-order valence-electron chi connectivity index (χ1n) is 7.47. The molecule has 0 aromatic heterocycles. The number of sulfonamides is 1. The van der Waals surface area contributed by atoms with Crippen molar-refractivity contribution in [2.75, 3.05) is 5.32 Å². The molecule has 1 atom stereocenters. The minimum atomic E-state index is -3.85. The third-order valence-corrected chi connectivity index (χ3v) is 5.74. The molecule has 6 nitrogen and oxygen atoms in total. The highest BCUT2D eigenvalue weighted by molar-refractivity contribution is 7.89. The SMILES string of the molecule is CCC[C@](C)(C#N)NS(=O)(=O)c1ccc2c(c1)C(C)(C)C(=O)N2. The molecule has 0 unspecified atom stereocenters. The number of hydrogen-bond donors (Lipinski definition) is 2. The summed E-state index contributed by atoms with van der Waals surface area (Å²) in [6.07, 6.45) is 1.10. The molecule has 124 valence electrons. The van der Waals surface area contributed by atoms with Crippen LogP contribution in [0.15, 0.2) is 23.1 Å². The van der Waals surface area contributed by atoms with Gasteiger partial charge < -0.3 is 5.32 Å². The van der Waals surface area contributed by atoms with E-state index in [1.807, 2.05) is 13.0 Å². The Morgan fingerprint density at radius 1 is 1.39 bits per heavy atom. The third-order valence-electron chi connectivity index (χ3n) is 4.15. The number of benzene rings is 1. The number of carbonyl (C=O) groups is 1. The fraction of sp³-hybridized carbons (Fsp3) is 0.500. The van der Waals surface area contributed by atoms with Crippen LogP contribution in [0.1, 0.15) is 46.1 Å². The normalized spacial score (nSPS) is 18.7. The highest BCUT2D eigenvalue weighted by Crippen LogP contribution is 2.38. The predicted octanol–water partition coefficient (Wildman–Crippen LogP) is 2.28. The predicted molar refractivity (Wildman–Crippen MR) is 87.3 cm³/mol. The minimum Gasteiger partial charge on any atom is -0.325 e. The monoisotopic (exact) mass is 335 g/mol. The van der Waals surface area contributed by atoms with Crippen molar-refractivity contribution in [1.82, 2.24) is 4.72 Å². The zero-order valence-electron chi connectivity index (χ0n) is 13.7. The van der Waals surface area contributed by atoms with Crippen LogP contribution in [0.3, 0.4) is 0 Å². The molecule has 1 amide bonds. The number of amides is 1. The summed E-state index contributed by atoms with van der Waals surface area (Å²) in [5, 5.41) is 12.0. The first-order chi connectivity index (χ1) is 10.6. The molecule has 1 aliphatic heterocycles. The first-order valence-corrected chi connectivity index (χ1v) is 8.95. The van der Waals surface area contributed by atoms with Crippen molar-refractivity contribution in [3.63, 3.8) is 0 Å². The van der Waals surface area contributed by atoms with Crippen molar-refractivity contribution in [3.8, 4) is 6.07 Å². The molecule has 0 bridgehead atoms. The zero-order valence-corrected chi connectivity index (χ0v) is 14.5. The number of hydrogen-bond acceptors (Lipinski definition) is 4. The topological polar surface area (TPSA) is 99.1 Å². The molecule has 7 heteroatoms. The lowest BCUT2D eigenvalue weighted by molar-refractivity contribution is -0.119. The van der Waals surface area contributed by atoms with Gasteiger partial charge in [0.2, 0.25) is 15.9 Å². The molecule has 1 aromatic rings. The average Bonchev–Trinajstić information content (AvgIpc) is 2.68. The van der Waals surface area contributed by atoms with E-state index in [4.69, 9.17) is 0 Å². The van der Waals surface area contributed by atoms with Crippen molar-refractivity contribution in [2.45, 2.75) is 56.4 Å². The number of nitrogens with zero attached hydrogens (tertiary/aromatic N) is 1. The first kappa shape index (κ1) is 17.4. The van der Waals surface area contributed by atoms with Gasteiger partial charge in [0.05, 0.1) is 16.4 Å². The molecule has 0 spiro atoms. The Morgan fingerprint density at radius 3 is 2.61 bits per heavy atom. The molecular formula is C16H21N3O3S. The molecule has 0 fully saturated rings. The smallest absolute Gasteiger partial charge is 0.241 e. The van der Waals surface area contributed by atoms with Crippen molar-refractivity contribution in [2.24, 2.45) is 0 Å². The van der Waals surface area contributed by atoms with Crippen LogP contribution in [-0.4, -0.2) is 19.9 Å². The van der Waals surface area contributed by atoms with Gasteiger partial charge in [0, 0.05) is 5.69 Å². The van der Waals surface area contributed by atoms with E-state index < -0.39 is 21.0 Å². The van der Waals surface area contributed by atoms with Gasteiger partial charge in [-0.1, -0.05) is 13.3 Å². The van der Waals surface area contributed by atoms with Crippen molar-refractivity contribution in [1.29, 1.82) is 5.26 Å². The third kappa shape index (κ3) is 3.09. The average molecular weight is 335 g/mol. The Kier molecular flexibility index (Phi) is 4.26. The zero-order chi connectivity index (χ0) is 17.5. The van der Waals surface area contributed by atoms with Gasteiger partial charge in [0.25, 0.3) is 0 Å². The van der Waals surface area contributed by atoms with E-state index in [0.29, 0.717) is 24.1 Å². The molecule has 0 aliphatic carbocycles. The van der Waals surface area contributed by atoms with Gasteiger partial charge >= 0.3 is 0 Å². The number of carbonyl (C=O) groups excluding carboxylic acids is 1. The molecular weight excluding hydrogens is 314 g/mol. The van der Waals surface area contributed by atoms with E-state index in [2.05, 4.69) is 10.0 Å². The van der Waals surface area contributed by atoms with Crippen LogP contribution in [0, 0.1) is 11.3 Å². The highest BCUT2D eigenvalue weighted by atomic mass is 32.2. The van der Waals surface area contributed by atoms with Crippen molar-refractivity contribution < 1.29 is 13.2 Å². The lowest BCUT2D eigenvalue weighted by atomic mass is 9.86. The van der Waals surface area contributed by atoms with Crippen LogP contribution in [-0.2, 0) is 20.2 Å². The van der Waals surface area contributed by atoms with E-state index >= 15 is 0 Å². The standard InChI is InChI=1S/C16H21N3O3S/c1-5-8-16(4,10-17)19-23(21,22)11-6-7-13-12(9-11)15(2,3)14(20)18-13/h6-7,9,19H,5,8H2,1-4H3,(H,18,20)/t16-/m1/s1. The van der Waals surface area contributed by atoms with Crippen LogP contribution < -0.4 is 10.0 Å². The fourth-order valence-corrected chi connectivity index (χ4v) is 4.08. The Hall–Kier alpha value is -1.91. The van der Waals surface area contributed by atoms with Crippen LogP contribution >= 0.6 is 0 Å². The summed E-state index contributed by atoms with van der Waals surface area (Å²) in [7, 11) is -3.85. The lowest BCUT2D eigenvalue weighted by Gasteiger charge is -2.23. The van der Waals surface area contributed by atoms with Crippen LogP contribution in [0.2, 0.25) is 0 Å². The Morgan fingerprint density at radius 2 is 2.04 bits per heavy atom. The number of fused-ring (bicyclic) bond motifs is 1. The van der Waals surface area contributed by atoms with Gasteiger partial charge in [0.15, 0.2) is 0 Å². The Bertz CT molecular complexity index is 793.